The molecule has 0 bridgehead atoms. The highest BCUT2D eigenvalue weighted by Crippen LogP contribution is 2.30. The van der Waals surface area contributed by atoms with Crippen molar-refractivity contribution in [3.8, 4) is 0 Å². The third kappa shape index (κ3) is 1.55. The van der Waals surface area contributed by atoms with Gasteiger partial charge in [-0.05, 0) is 22.0 Å². The molecule has 0 aliphatic rings. The molecule has 0 spiro atoms. The van der Waals surface area contributed by atoms with Crippen molar-refractivity contribution < 1.29 is 0 Å². The number of nitrogens with zero attached hydrogens (tertiary/aromatic N) is 2. The van der Waals surface area contributed by atoms with Gasteiger partial charge in [0.15, 0.2) is 5.65 Å². The first-order valence-corrected chi connectivity index (χ1v) is 7.55. The minimum absolute atomic E-state index is 0.745. The van der Waals surface area contributed by atoms with E-state index in [0.717, 1.165) is 21.2 Å². The second-order valence-corrected chi connectivity index (χ2v) is 5.04. The van der Waals surface area contributed by atoms with Crippen molar-refractivity contribution in [2.45, 2.75) is 0 Å². The van der Waals surface area contributed by atoms with Crippen molar-refractivity contribution in [1.82, 2.24) is 8.96 Å². The van der Waals surface area contributed by atoms with Gasteiger partial charge in [-0.2, -0.15) is 0 Å². The van der Waals surface area contributed by atoms with Crippen LogP contribution in [0.2, 0.25) is 0 Å². The van der Waals surface area contributed by atoms with Gasteiger partial charge in [-0.25, -0.2) is 4.98 Å². The molecule has 3 nitrogen and oxygen atoms in total. The zero-order valence-corrected chi connectivity index (χ0v) is 10.9. The maximum atomic E-state index is 5.87. The lowest BCUT2D eigenvalue weighted by Gasteiger charge is -2.00. The van der Waals surface area contributed by atoms with Gasteiger partial charge in [0.25, 0.3) is 0 Å². The van der Waals surface area contributed by atoms with Gasteiger partial charge >= 0.3 is 0 Å². The molecule has 0 saturated heterocycles. The van der Waals surface area contributed by atoms with E-state index in [0.29, 0.717) is 0 Å². The molecular weight excluding hydrogens is 365 g/mol. The van der Waals surface area contributed by atoms with Crippen LogP contribution in [-0.4, -0.2) is 8.96 Å². The minimum atomic E-state index is 0.745. The predicted molar refractivity (Wildman–Crippen MR) is 68.9 cm³/mol. The number of nitrogens with two attached hydrogens (primary N) is 1. The summed E-state index contributed by atoms with van der Waals surface area (Å²) in [5.41, 5.74) is 7.52. The van der Waals surface area contributed by atoms with Gasteiger partial charge in [-0.15, -0.1) is 0 Å². The van der Waals surface area contributed by atoms with Crippen molar-refractivity contribution in [3.05, 3.63) is 22.9 Å². The molecular formula is C7H5BrIN3S. The van der Waals surface area contributed by atoms with Gasteiger partial charge in [0.05, 0.1) is 10.2 Å². The van der Waals surface area contributed by atoms with Gasteiger partial charge in [0.1, 0.15) is 0 Å². The van der Waals surface area contributed by atoms with E-state index in [1.807, 2.05) is 16.2 Å². The maximum absolute atomic E-state index is 5.87. The highest BCUT2D eigenvalue weighted by Gasteiger charge is 2.07. The molecule has 0 saturated carbocycles. The normalized spacial score (nSPS) is 10.9. The Labute approximate surface area is 99.9 Å². The number of nitrogen functional groups attached to an aromatic ring is 1. The van der Waals surface area contributed by atoms with Gasteiger partial charge in [0.2, 0.25) is 0 Å². The molecule has 0 fully saturated rings. The third-order valence-electron chi connectivity index (χ3n) is 1.75. The molecule has 0 aromatic carbocycles. The zero-order chi connectivity index (χ0) is 9.42. The van der Waals surface area contributed by atoms with Crippen LogP contribution in [0.25, 0.3) is 11.0 Å². The van der Waals surface area contributed by atoms with Crippen LogP contribution in [0.5, 0.6) is 0 Å². The third-order valence-corrected chi connectivity index (χ3v) is 4.10. The Bertz CT molecular complexity index is 456. The summed E-state index contributed by atoms with van der Waals surface area (Å²) in [5, 5.41) is 0.985. The fourth-order valence-electron chi connectivity index (χ4n) is 1.11. The Hall–Kier alpha value is 0.0500. The summed E-state index contributed by atoms with van der Waals surface area (Å²) in [6.07, 6.45) is 3.68. The predicted octanol–water partition coefficient (Wildman–Crippen LogP) is 3.23. The Morgan fingerprint density at radius 2 is 2.38 bits per heavy atom. The summed E-state index contributed by atoms with van der Waals surface area (Å²) in [6, 6.07) is 1.97. The largest absolute Gasteiger partial charge is 0.397 e. The van der Waals surface area contributed by atoms with Crippen molar-refractivity contribution in [2.75, 3.05) is 5.73 Å². The molecule has 2 rings (SSSR count). The van der Waals surface area contributed by atoms with Crippen LogP contribution >= 0.6 is 46.3 Å². The molecule has 0 atom stereocenters. The summed E-state index contributed by atoms with van der Waals surface area (Å²) in [7, 11) is 1.57. The van der Waals surface area contributed by atoms with Crippen LogP contribution in [0, 0.1) is 0 Å². The Balaban J connectivity index is 2.81. The molecule has 0 aliphatic carbocycles. The molecule has 6 heteroatoms. The van der Waals surface area contributed by atoms with Crippen molar-refractivity contribution >= 4 is 63.0 Å². The molecule has 13 heavy (non-hydrogen) atoms. The van der Waals surface area contributed by atoms with Crippen LogP contribution in [0.1, 0.15) is 0 Å². The molecule has 2 aromatic rings. The van der Waals surface area contributed by atoms with Gasteiger partial charge in [0, 0.05) is 48.1 Å². The van der Waals surface area contributed by atoms with Crippen molar-refractivity contribution in [3.63, 3.8) is 0 Å². The highest BCUT2D eigenvalue weighted by atomic mass is 127. The number of pyridine rings is 1. The number of hydrogen-bond donors (Lipinski definition) is 1. The first-order chi connectivity index (χ1) is 6.24. The Morgan fingerprint density at radius 3 is 3.08 bits per heavy atom. The fourth-order valence-corrected chi connectivity index (χ4v) is 2.70. The summed E-state index contributed by atoms with van der Waals surface area (Å²) in [4.78, 5) is 4.28. The van der Waals surface area contributed by atoms with E-state index in [2.05, 4.69) is 42.1 Å². The maximum Gasteiger partial charge on any atom is 0.152 e. The van der Waals surface area contributed by atoms with E-state index in [1.54, 1.807) is 15.3 Å². The monoisotopic (exact) mass is 369 g/mol. The molecule has 2 N–H and O–H groups in total. The average Bonchev–Trinajstić information content (AvgIpc) is 2.55. The van der Waals surface area contributed by atoms with Crippen LogP contribution in [0.15, 0.2) is 22.9 Å². The summed E-state index contributed by atoms with van der Waals surface area (Å²) in [6.45, 7) is 0. The van der Waals surface area contributed by atoms with Crippen LogP contribution < -0.4 is 5.73 Å². The number of halogens is 2. The molecule has 2 aromatic heterocycles. The van der Waals surface area contributed by atoms with E-state index < -0.39 is 0 Å². The minimum Gasteiger partial charge on any atom is -0.397 e. The lowest BCUT2D eigenvalue weighted by molar-refractivity contribution is 1.26. The molecule has 0 aliphatic heterocycles. The lowest BCUT2D eigenvalue weighted by atomic mass is 10.3. The van der Waals surface area contributed by atoms with Gasteiger partial charge in [-0.1, -0.05) is 0 Å². The van der Waals surface area contributed by atoms with E-state index in [9.17, 15) is 0 Å². The molecule has 0 amide bonds. The average molecular weight is 370 g/mol. The molecule has 0 radical (unpaired) electrons. The van der Waals surface area contributed by atoms with Crippen LogP contribution in [0.4, 0.5) is 5.69 Å². The second-order valence-electron chi connectivity index (χ2n) is 2.47. The van der Waals surface area contributed by atoms with Crippen molar-refractivity contribution in [2.24, 2.45) is 0 Å². The number of rotatable bonds is 1. The molecule has 68 valence electrons. The van der Waals surface area contributed by atoms with Crippen molar-refractivity contribution in [1.29, 1.82) is 0 Å². The van der Waals surface area contributed by atoms with Crippen LogP contribution in [-0.2, 0) is 0 Å². The number of anilines is 1. The fraction of sp³-hybridized carbons (Fsp3) is 0. The van der Waals surface area contributed by atoms with E-state index in [4.69, 9.17) is 5.73 Å². The van der Waals surface area contributed by atoms with Gasteiger partial charge < -0.3 is 5.73 Å². The first-order valence-electron chi connectivity index (χ1n) is 3.44. The summed E-state index contributed by atoms with van der Waals surface area (Å²) >= 11 is 5.55. The number of hydrogen-bond acceptors (Lipinski definition) is 3. The Morgan fingerprint density at radius 1 is 1.62 bits per heavy atom. The topological polar surface area (TPSA) is 43.8 Å². The Kier molecular flexibility index (Phi) is 2.70. The number of fused-ring (bicyclic) bond motifs is 1. The SMILES string of the molecule is Nc1c(Br)cnc2c1ccn2SI. The highest BCUT2D eigenvalue weighted by molar-refractivity contribution is 14.2. The lowest BCUT2D eigenvalue weighted by Crippen LogP contribution is -1.90. The number of aromatic nitrogens is 2. The van der Waals surface area contributed by atoms with Gasteiger partial charge in [-0.3, -0.25) is 3.97 Å². The van der Waals surface area contributed by atoms with E-state index in [1.165, 1.54) is 0 Å². The van der Waals surface area contributed by atoms with E-state index >= 15 is 0 Å². The summed E-state index contributed by atoms with van der Waals surface area (Å²) < 4.78 is 2.81. The first kappa shape index (κ1) is 9.60. The molecule has 0 unspecified atom stereocenters. The zero-order valence-electron chi connectivity index (χ0n) is 6.37. The standard InChI is InChI=1S/C7H5BrIN3S/c8-5-3-11-7-4(6(5)10)1-2-12(7)13-9/h1-3H,(H2,10,11). The summed E-state index contributed by atoms with van der Waals surface area (Å²) in [5.74, 6) is 0. The second kappa shape index (κ2) is 3.66. The smallest absolute Gasteiger partial charge is 0.152 e. The van der Waals surface area contributed by atoms with Crippen LogP contribution in [0.3, 0.4) is 0 Å². The molecule has 2 heterocycles. The van der Waals surface area contributed by atoms with E-state index in [-0.39, 0.29) is 0 Å². The quantitative estimate of drug-likeness (QED) is 0.785.